The molecule has 0 bridgehead atoms. The van der Waals surface area contributed by atoms with Gasteiger partial charge in [0.15, 0.2) is 0 Å². The molecule has 102 valence electrons. The third kappa shape index (κ3) is 3.01. The molecule has 0 aliphatic heterocycles. The van der Waals surface area contributed by atoms with Gasteiger partial charge in [0.25, 0.3) is 0 Å². The summed E-state index contributed by atoms with van der Waals surface area (Å²) >= 11 is 0. The Hall–Kier alpha value is -1.68. The Morgan fingerprint density at radius 1 is 1.42 bits per heavy atom. The van der Waals surface area contributed by atoms with E-state index in [1.54, 1.807) is 6.07 Å². The zero-order valence-electron chi connectivity index (χ0n) is 11.7. The Morgan fingerprint density at radius 3 is 2.84 bits per heavy atom. The van der Waals surface area contributed by atoms with Crippen molar-refractivity contribution in [3.8, 4) is 0 Å². The van der Waals surface area contributed by atoms with Crippen LogP contribution in [-0.4, -0.2) is 16.8 Å². The van der Waals surface area contributed by atoms with Gasteiger partial charge in [-0.3, -0.25) is 4.68 Å². The lowest BCUT2D eigenvalue weighted by atomic mass is 9.97. The van der Waals surface area contributed by atoms with Crippen molar-refractivity contribution in [2.24, 2.45) is 0 Å². The molecule has 0 aliphatic carbocycles. The molecule has 1 atom stereocenters. The molecule has 0 amide bonds. The Balaban J connectivity index is 2.32. The summed E-state index contributed by atoms with van der Waals surface area (Å²) in [5.74, 6) is -0.196. The predicted octanol–water partition coefficient (Wildman–Crippen LogP) is 3.05. The van der Waals surface area contributed by atoms with Crippen LogP contribution in [0.1, 0.15) is 36.1 Å². The molecule has 0 saturated heterocycles. The maximum Gasteiger partial charge on any atom is 0.123 e. The highest BCUT2D eigenvalue weighted by Crippen LogP contribution is 2.24. The lowest BCUT2D eigenvalue weighted by molar-refractivity contribution is 0.600. The van der Waals surface area contributed by atoms with E-state index >= 15 is 0 Å². The van der Waals surface area contributed by atoms with Crippen LogP contribution in [0, 0.1) is 12.7 Å². The molecule has 3 nitrogen and oxygen atoms in total. The van der Waals surface area contributed by atoms with Crippen LogP contribution >= 0.6 is 0 Å². The maximum atomic E-state index is 13.2. The van der Waals surface area contributed by atoms with E-state index in [2.05, 4.69) is 17.3 Å². The van der Waals surface area contributed by atoms with Gasteiger partial charge in [-0.05, 0) is 43.7 Å². The van der Waals surface area contributed by atoms with Gasteiger partial charge in [-0.2, -0.15) is 5.10 Å². The summed E-state index contributed by atoms with van der Waals surface area (Å²) in [6, 6.07) is 4.95. The van der Waals surface area contributed by atoms with E-state index in [0.717, 1.165) is 29.7 Å². The van der Waals surface area contributed by atoms with Gasteiger partial charge in [-0.15, -0.1) is 0 Å². The van der Waals surface area contributed by atoms with Crippen molar-refractivity contribution in [3.05, 3.63) is 53.1 Å². The second-order valence-corrected chi connectivity index (χ2v) is 4.76. The number of halogens is 1. The largest absolute Gasteiger partial charge is 0.309 e. The van der Waals surface area contributed by atoms with Gasteiger partial charge in [-0.1, -0.05) is 13.0 Å². The Bertz CT molecular complexity index is 548. The topological polar surface area (TPSA) is 29.9 Å². The minimum atomic E-state index is -0.196. The maximum absolute atomic E-state index is 13.2. The van der Waals surface area contributed by atoms with Crippen molar-refractivity contribution < 1.29 is 4.39 Å². The fourth-order valence-corrected chi connectivity index (χ4v) is 2.34. The molecule has 2 aromatic rings. The minimum absolute atomic E-state index is 0.0474. The second kappa shape index (κ2) is 5.97. The highest BCUT2D eigenvalue weighted by molar-refractivity contribution is 5.35. The number of rotatable bonds is 5. The average Bonchev–Trinajstić information content (AvgIpc) is 2.82. The molecular weight excluding hydrogens is 241 g/mol. The molecule has 0 aliphatic rings. The molecule has 0 radical (unpaired) electrons. The van der Waals surface area contributed by atoms with Gasteiger partial charge >= 0.3 is 0 Å². The normalized spacial score (nSPS) is 12.6. The third-order valence-electron chi connectivity index (χ3n) is 3.27. The average molecular weight is 261 g/mol. The van der Waals surface area contributed by atoms with Crippen molar-refractivity contribution in [2.45, 2.75) is 32.9 Å². The molecule has 1 aromatic heterocycles. The molecule has 19 heavy (non-hydrogen) atoms. The van der Waals surface area contributed by atoms with Gasteiger partial charge in [0.1, 0.15) is 5.82 Å². The first-order valence-corrected chi connectivity index (χ1v) is 6.61. The van der Waals surface area contributed by atoms with E-state index in [9.17, 15) is 4.39 Å². The number of nitrogens with one attached hydrogen (secondary N) is 1. The first-order valence-electron chi connectivity index (χ1n) is 6.61. The van der Waals surface area contributed by atoms with Crippen molar-refractivity contribution in [3.63, 3.8) is 0 Å². The molecule has 2 rings (SSSR count). The van der Waals surface area contributed by atoms with Crippen LogP contribution < -0.4 is 5.32 Å². The fourth-order valence-electron chi connectivity index (χ4n) is 2.34. The lowest BCUT2D eigenvalue weighted by Gasteiger charge is -2.17. The number of hydrogen-bond donors (Lipinski definition) is 1. The monoisotopic (exact) mass is 261 g/mol. The minimum Gasteiger partial charge on any atom is -0.309 e. The number of hydrogen-bond acceptors (Lipinski definition) is 2. The van der Waals surface area contributed by atoms with Gasteiger partial charge in [0.05, 0.1) is 12.2 Å². The van der Waals surface area contributed by atoms with E-state index in [0.29, 0.717) is 0 Å². The Morgan fingerprint density at radius 2 is 2.21 bits per heavy atom. The zero-order valence-corrected chi connectivity index (χ0v) is 11.7. The van der Waals surface area contributed by atoms with Crippen LogP contribution in [-0.2, 0) is 6.54 Å². The first-order chi connectivity index (χ1) is 9.15. The van der Waals surface area contributed by atoms with Gasteiger partial charge < -0.3 is 5.32 Å². The molecule has 1 N–H and O–H groups in total. The second-order valence-electron chi connectivity index (χ2n) is 4.76. The van der Waals surface area contributed by atoms with Crippen LogP contribution in [0.4, 0.5) is 4.39 Å². The summed E-state index contributed by atoms with van der Waals surface area (Å²) in [5, 5.41) is 7.62. The first kappa shape index (κ1) is 13.7. The van der Waals surface area contributed by atoms with Crippen molar-refractivity contribution in [1.82, 2.24) is 15.1 Å². The predicted molar refractivity (Wildman–Crippen MR) is 74.6 cm³/mol. The number of nitrogens with zero attached hydrogens (tertiary/aromatic N) is 2. The van der Waals surface area contributed by atoms with E-state index in [1.807, 2.05) is 37.1 Å². The van der Waals surface area contributed by atoms with E-state index in [-0.39, 0.29) is 11.9 Å². The standard InChI is InChI=1S/C15H20FN3/c1-4-7-19-10-12(9-18-19)15(17-3)14-6-5-13(16)8-11(14)2/h5-6,8-10,15,17H,4,7H2,1-3H3. The molecule has 0 fully saturated rings. The fraction of sp³-hybridized carbons (Fsp3) is 0.400. The van der Waals surface area contributed by atoms with Gasteiger partial charge in [-0.25, -0.2) is 4.39 Å². The van der Waals surface area contributed by atoms with E-state index in [1.165, 1.54) is 6.07 Å². The van der Waals surface area contributed by atoms with Crippen molar-refractivity contribution in [1.29, 1.82) is 0 Å². The Labute approximate surface area is 113 Å². The SMILES string of the molecule is CCCn1cc(C(NC)c2ccc(F)cc2C)cn1. The summed E-state index contributed by atoms with van der Waals surface area (Å²) in [6.45, 7) is 4.97. The molecule has 4 heteroatoms. The number of aryl methyl sites for hydroxylation is 2. The molecule has 1 heterocycles. The summed E-state index contributed by atoms with van der Waals surface area (Å²) < 4.78 is 15.1. The summed E-state index contributed by atoms with van der Waals surface area (Å²) in [6.07, 6.45) is 4.98. The number of benzene rings is 1. The third-order valence-corrected chi connectivity index (χ3v) is 3.27. The molecule has 1 unspecified atom stereocenters. The molecule has 0 saturated carbocycles. The van der Waals surface area contributed by atoms with Crippen LogP contribution in [0.3, 0.4) is 0 Å². The van der Waals surface area contributed by atoms with Crippen LogP contribution in [0.2, 0.25) is 0 Å². The van der Waals surface area contributed by atoms with E-state index in [4.69, 9.17) is 0 Å². The van der Waals surface area contributed by atoms with Gasteiger partial charge in [0, 0.05) is 18.3 Å². The van der Waals surface area contributed by atoms with E-state index < -0.39 is 0 Å². The quantitative estimate of drug-likeness (QED) is 0.896. The summed E-state index contributed by atoms with van der Waals surface area (Å²) in [7, 11) is 1.91. The highest BCUT2D eigenvalue weighted by Gasteiger charge is 2.16. The van der Waals surface area contributed by atoms with Crippen LogP contribution in [0.15, 0.2) is 30.6 Å². The summed E-state index contributed by atoms with van der Waals surface area (Å²) in [4.78, 5) is 0. The number of aromatic nitrogens is 2. The Kier molecular flexibility index (Phi) is 4.32. The molecule has 1 aromatic carbocycles. The van der Waals surface area contributed by atoms with Crippen LogP contribution in [0.5, 0.6) is 0 Å². The van der Waals surface area contributed by atoms with Crippen molar-refractivity contribution in [2.75, 3.05) is 7.05 Å². The smallest absolute Gasteiger partial charge is 0.123 e. The van der Waals surface area contributed by atoms with Crippen molar-refractivity contribution >= 4 is 0 Å². The van der Waals surface area contributed by atoms with Crippen LogP contribution in [0.25, 0.3) is 0 Å². The summed E-state index contributed by atoms with van der Waals surface area (Å²) in [5.41, 5.74) is 3.13. The lowest BCUT2D eigenvalue weighted by Crippen LogP contribution is -2.18. The molecular formula is C15H20FN3. The molecule has 0 spiro atoms. The zero-order chi connectivity index (χ0) is 13.8. The van der Waals surface area contributed by atoms with Gasteiger partial charge in [0.2, 0.25) is 0 Å². The highest BCUT2D eigenvalue weighted by atomic mass is 19.1.